The Morgan fingerprint density at radius 1 is 1.08 bits per heavy atom. The zero-order valence-corrected chi connectivity index (χ0v) is 22.1. The standard InChI is InChI=1S/C32H31NO6/c1-4-15-38-26-14-11-22(18-27(26)37-5-2)29-28(30(34)23-12-13-25-24(17-23)16-20(3)39-25)31(35)32(36)33(29)19-21-9-7-6-8-10-21/h4,6-14,17-18,20,29,34H,1,5,15-16,19H2,2-3H3. The molecule has 7 heteroatoms. The van der Waals surface area contributed by atoms with E-state index in [1.165, 1.54) is 4.90 Å². The molecule has 7 nitrogen and oxygen atoms in total. The van der Waals surface area contributed by atoms with E-state index in [-0.39, 0.29) is 24.0 Å². The van der Waals surface area contributed by atoms with Crippen LogP contribution in [0.3, 0.4) is 0 Å². The lowest BCUT2D eigenvalue weighted by Crippen LogP contribution is -2.29. The van der Waals surface area contributed by atoms with Crippen LogP contribution in [0.1, 0.15) is 42.1 Å². The van der Waals surface area contributed by atoms with Gasteiger partial charge >= 0.3 is 0 Å². The number of fused-ring (bicyclic) bond motifs is 1. The van der Waals surface area contributed by atoms with Crippen molar-refractivity contribution in [2.75, 3.05) is 13.2 Å². The molecule has 5 rings (SSSR count). The summed E-state index contributed by atoms with van der Waals surface area (Å²) in [6.45, 7) is 8.43. The van der Waals surface area contributed by atoms with Crippen LogP contribution in [0.15, 0.2) is 85.0 Å². The maximum absolute atomic E-state index is 13.5. The van der Waals surface area contributed by atoms with E-state index in [1.54, 1.807) is 36.4 Å². The fourth-order valence-corrected chi connectivity index (χ4v) is 5.13. The fourth-order valence-electron chi connectivity index (χ4n) is 5.13. The van der Waals surface area contributed by atoms with Crippen LogP contribution in [0.2, 0.25) is 0 Å². The second-order valence-corrected chi connectivity index (χ2v) is 9.61. The first-order valence-corrected chi connectivity index (χ1v) is 13.0. The van der Waals surface area contributed by atoms with Crippen molar-refractivity contribution in [3.63, 3.8) is 0 Å². The summed E-state index contributed by atoms with van der Waals surface area (Å²) in [5.41, 5.74) is 2.93. The van der Waals surface area contributed by atoms with Gasteiger partial charge < -0.3 is 24.2 Å². The van der Waals surface area contributed by atoms with Crippen LogP contribution in [0.25, 0.3) is 5.76 Å². The minimum atomic E-state index is -0.832. The Hall–Kier alpha value is -4.52. The smallest absolute Gasteiger partial charge is 0.295 e. The summed E-state index contributed by atoms with van der Waals surface area (Å²) in [4.78, 5) is 28.4. The number of aliphatic hydroxyl groups is 1. The van der Waals surface area contributed by atoms with Crippen LogP contribution in [0.4, 0.5) is 0 Å². The number of carbonyl (C=O) groups is 2. The van der Waals surface area contributed by atoms with Crippen LogP contribution < -0.4 is 14.2 Å². The summed E-state index contributed by atoms with van der Waals surface area (Å²) in [6.07, 6.45) is 2.38. The van der Waals surface area contributed by atoms with Crippen LogP contribution in [0.5, 0.6) is 17.2 Å². The molecule has 0 saturated carbocycles. The lowest BCUT2D eigenvalue weighted by molar-refractivity contribution is -0.140. The molecule has 2 aliphatic rings. The molecule has 2 aliphatic heterocycles. The molecule has 2 atom stereocenters. The molecule has 3 aromatic carbocycles. The van der Waals surface area contributed by atoms with E-state index in [1.807, 2.05) is 50.2 Å². The summed E-state index contributed by atoms with van der Waals surface area (Å²) >= 11 is 0. The van der Waals surface area contributed by atoms with E-state index in [0.29, 0.717) is 42.3 Å². The Morgan fingerprint density at radius 3 is 2.62 bits per heavy atom. The number of carbonyl (C=O) groups excluding carboxylic acids is 2. The Kier molecular flexibility index (Phi) is 7.41. The molecule has 2 unspecified atom stereocenters. The topological polar surface area (TPSA) is 85.3 Å². The minimum absolute atomic E-state index is 0.0325. The number of likely N-dealkylation sites (tertiary alicyclic amines) is 1. The minimum Gasteiger partial charge on any atom is -0.507 e. The van der Waals surface area contributed by atoms with Gasteiger partial charge in [0.1, 0.15) is 24.2 Å². The van der Waals surface area contributed by atoms with Gasteiger partial charge in [-0.25, -0.2) is 0 Å². The summed E-state index contributed by atoms with van der Waals surface area (Å²) in [6, 6.07) is 19.3. The van der Waals surface area contributed by atoms with Gasteiger partial charge in [-0.1, -0.05) is 49.1 Å². The third-order valence-corrected chi connectivity index (χ3v) is 6.85. The zero-order valence-electron chi connectivity index (χ0n) is 22.1. The number of hydrogen-bond acceptors (Lipinski definition) is 6. The first-order valence-electron chi connectivity index (χ1n) is 13.0. The summed E-state index contributed by atoms with van der Waals surface area (Å²) in [7, 11) is 0. The number of hydrogen-bond donors (Lipinski definition) is 1. The lowest BCUT2D eigenvalue weighted by atomic mass is 9.94. The largest absolute Gasteiger partial charge is 0.507 e. The van der Waals surface area contributed by atoms with Crippen LogP contribution in [-0.2, 0) is 22.6 Å². The van der Waals surface area contributed by atoms with Gasteiger partial charge in [0.2, 0.25) is 0 Å². The first-order chi connectivity index (χ1) is 18.9. The zero-order chi connectivity index (χ0) is 27.5. The lowest BCUT2D eigenvalue weighted by Gasteiger charge is -2.26. The molecular formula is C32H31NO6. The highest BCUT2D eigenvalue weighted by molar-refractivity contribution is 6.46. The third-order valence-electron chi connectivity index (χ3n) is 6.85. The monoisotopic (exact) mass is 525 g/mol. The Bertz CT molecular complexity index is 1440. The summed E-state index contributed by atoms with van der Waals surface area (Å²) in [5.74, 6) is 0.133. The number of rotatable bonds is 9. The Morgan fingerprint density at radius 2 is 1.87 bits per heavy atom. The van der Waals surface area contributed by atoms with Crippen molar-refractivity contribution < 1.29 is 28.9 Å². The highest BCUT2D eigenvalue weighted by Crippen LogP contribution is 2.43. The van der Waals surface area contributed by atoms with Gasteiger partial charge in [0.15, 0.2) is 11.5 Å². The van der Waals surface area contributed by atoms with E-state index in [0.717, 1.165) is 16.9 Å². The number of nitrogens with zero attached hydrogens (tertiary/aromatic N) is 1. The van der Waals surface area contributed by atoms with Crippen molar-refractivity contribution in [3.05, 3.63) is 107 Å². The molecule has 1 fully saturated rings. The maximum Gasteiger partial charge on any atom is 0.295 e. The van der Waals surface area contributed by atoms with E-state index >= 15 is 0 Å². The van der Waals surface area contributed by atoms with Gasteiger partial charge in [-0.2, -0.15) is 0 Å². The molecule has 39 heavy (non-hydrogen) atoms. The number of ketones is 1. The van der Waals surface area contributed by atoms with Crippen molar-refractivity contribution in [3.8, 4) is 17.2 Å². The molecule has 2 heterocycles. The average molecular weight is 526 g/mol. The molecule has 3 aromatic rings. The second kappa shape index (κ2) is 11.1. The van der Waals surface area contributed by atoms with Gasteiger partial charge in [0, 0.05) is 18.5 Å². The summed E-state index contributed by atoms with van der Waals surface area (Å²) in [5, 5.41) is 11.5. The number of benzene rings is 3. The Balaban J connectivity index is 1.64. The van der Waals surface area contributed by atoms with Gasteiger partial charge in [0.25, 0.3) is 11.7 Å². The van der Waals surface area contributed by atoms with E-state index in [4.69, 9.17) is 14.2 Å². The van der Waals surface area contributed by atoms with Crippen LogP contribution >= 0.6 is 0 Å². The predicted octanol–water partition coefficient (Wildman–Crippen LogP) is 5.60. The molecule has 0 radical (unpaired) electrons. The molecule has 0 aromatic heterocycles. The van der Waals surface area contributed by atoms with E-state index in [9.17, 15) is 14.7 Å². The van der Waals surface area contributed by atoms with Gasteiger partial charge in [-0.05, 0) is 60.9 Å². The second-order valence-electron chi connectivity index (χ2n) is 9.61. The number of aliphatic hydroxyl groups excluding tert-OH is 1. The van der Waals surface area contributed by atoms with E-state index in [2.05, 4.69) is 6.58 Å². The number of ether oxygens (including phenoxy) is 3. The van der Waals surface area contributed by atoms with Gasteiger partial charge in [-0.3, -0.25) is 9.59 Å². The summed E-state index contributed by atoms with van der Waals surface area (Å²) < 4.78 is 17.4. The third kappa shape index (κ3) is 5.12. The molecule has 1 amide bonds. The first kappa shape index (κ1) is 26.1. The quantitative estimate of drug-likeness (QED) is 0.170. The molecule has 200 valence electrons. The van der Waals surface area contributed by atoms with Crippen molar-refractivity contribution in [1.82, 2.24) is 4.90 Å². The van der Waals surface area contributed by atoms with Crippen LogP contribution in [-0.4, -0.2) is 41.0 Å². The molecular weight excluding hydrogens is 494 g/mol. The SMILES string of the molecule is C=CCOc1ccc(C2C(=C(O)c3ccc4c(c3)CC(C)O4)C(=O)C(=O)N2Cc2ccccc2)cc1OCC. The maximum atomic E-state index is 13.5. The van der Waals surface area contributed by atoms with Gasteiger partial charge in [-0.15, -0.1) is 0 Å². The highest BCUT2D eigenvalue weighted by atomic mass is 16.5. The normalized spacial score (nSPS) is 19.5. The molecule has 0 aliphatic carbocycles. The molecule has 1 saturated heterocycles. The number of Topliss-reactive ketones (excluding diaryl/α,β-unsaturated/α-hetero) is 1. The number of amides is 1. The van der Waals surface area contributed by atoms with E-state index < -0.39 is 17.7 Å². The van der Waals surface area contributed by atoms with Crippen molar-refractivity contribution in [1.29, 1.82) is 0 Å². The predicted molar refractivity (Wildman–Crippen MR) is 148 cm³/mol. The average Bonchev–Trinajstić information content (AvgIpc) is 3.43. The molecule has 1 N–H and O–H groups in total. The van der Waals surface area contributed by atoms with Crippen molar-refractivity contribution in [2.45, 2.75) is 39.0 Å². The van der Waals surface area contributed by atoms with Crippen LogP contribution in [0, 0.1) is 0 Å². The fraction of sp³-hybridized carbons (Fsp3) is 0.250. The molecule has 0 spiro atoms. The highest BCUT2D eigenvalue weighted by Gasteiger charge is 2.46. The molecule has 0 bridgehead atoms. The Labute approximate surface area is 227 Å². The van der Waals surface area contributed by atoms with Crippen molar-refractivity contribution in [2.24, 2.45) is 0 Å². The van der Waals surface area contributed by atoms with Crippen molar-refractivity contribution >= 4 is 17.4 Å². The van der Waals surface area contributed by atoms with Gasteiger partial charge in [0.05, 0.1) is 18.2 Å².